The molecule has 0 aromatic carbocycles. The van der Waals surface area contributed by atoms with Crippen LogP contribution in [0.15, 0.2) is 24.5 Å². The van der Waals surface area contributed by atoms with Gasteiger partial charge in [-0.25, -0.2) is 10.8 Å². The number of hydrogen-bond donors (Lipinski definition) is 4. The first-order valence-corrected chi connectivity index (χ1v) is 6.41. The lowest BCUT2D eigenvalue weighted by molar-refractivity contribution is 0.0953. The Hall–Kier alpha value is -2.41. The maximum Gasteiger partial charge on any atom is 0.255 e. The fourth-order valence-electron chi connectivity index (χ4n) is 1.91. The van der Waals surface area contributed by atoms with Crippen LogP contribution in [0.4, 0.5) is 5.82 Å². The Labute approximate surface area is 117 Å². The number of nitrogens with zero attached hydrogens (tertiary/aromatic N) is 2. The molecule has 2 rings (SSSR count). The number of anilines is 1. The molecule has 1 amide bonds. The highest BCUT2D eigenvalue weighted by molar-refractivity contribution is 5.98. The van der Waals surface area contributed by atoms with Gasteiger partial charge in [0.1, 0.15) is 0 Å². The Bertz CT molecular complexity index is 580. The number of carbonyl (C=O) groups is 1. The summed E-state index contributed by atoms with van der Waals surface area (Å²) in [5, 5.41) is 9.70. The van der Waals surface area contributed by atoms with E-state index in [0.717, 1.165) is 18.5 Å². The van der Waals surface area contributed by atoms with Crippen LogP contribution in [0.25, 0.3) is 0 Å². The van der Waals surface area contributed by atoms with Crippen molar-refractivity contribution < 1.29 is 4.79 Å². The molecule has 7 nitrogen and oxygen atoms in total. The number of H-pyrrole nitrogens is 1. The molecule has 106 valence electrons. The first-order valence-electron chi connectivity index (χ1n) is 6.41. The number of hydrazine groups is 1. The van der Waals surface area contributed by atoms with Crippen LogP contribution in [0.3, 0.4) is 0 Å². The van der Waals surface area contributed by atoms with Crippen LogP contribution in [0, 0.1) is 6.92 Å². The van der Waals surface area contributed by atoms with Gasteiger partial charge in [0.2, 0.25) is 0 Å². The van der Waals surface area contributed by atoms with Crippen molar-refractivity contribution in [2.24, 2.45) is 5.84 Å². The normalized spacial score (nSPS) is 10.3. The van der Waals surface area contributed by atoms with E-state index in [-0.39, 0.29) is 5.91 Å². The molecule has 0 spiro atoms. The molecule has 0 saturated carbocycles. The maximum absolute atomic E-state index is 12.0. The molecule has 2 heterocycles. The van der Waals surface area contributed by atoms with Gasteiger partial charge < -0.3 is 10.7 Å². The smallest absolute Gasteiger partial charge is 0.255 e. The van der Waals surface area contributed by atoms with Crippen LogP contribution < -0.4 is 16.6 Å². The Morgan fingerprint density at radius 1 is 1.50 bits per heavy atom. The molecule has 0 aliphatic heterocycles. The second-order valence-electron chi connectivity index (χ2n) is 4.42. The number of nitrogen functional groups attached to an aromatic ring is 1. The van der Waals surface area contributed by atoms with Gasteiger partial charge >= 0.3 is 0 Å². The van der Waals surface area contributed by atoms with Gasteiger partial charge in [-0.15, -0.1) is 0 Å². The van der Waals surface area contributed by atoms with Gasteiger partial charge in [0.25, 0.3) is 5.91 Å². The van der Waals surface area contributed by atoms with Crippen molar-refractivity contribution in [2.45, 2.75) is 19.8 Å². The zero-order valence-corrected chi connectivity index (χ0v) is 11.3. The molecule has 7 heteroatoms. The number of aromatic amines is 1. The number of aryl methyl sites for hydroxylation is 2. The lowest BCUT2D eigenvalue weighted by Crippen LogP contribution is -2.26. The molecule has 0 aliphatic carbocycles. The average molecular weight is 274 g/mol. The molecule has 2 aromatic heterocycles. The minimum Gasteiger partial charge on any atom is -0.352 e. The monoisotopic (exact) mass is 274 g/mol. The number of amides is 1. The van der Waals surface area contributed by atoms with E-state index in [9.17, 15) is 4.79 Å². The van der Waals surface area contributed by atoms with Gasteiger partial charge in [-0.2, -0.15) is 5.10 Å². The van der Waals surface area contributed by atoms with Crippen LogP contribution in [-0.4, -0.2) is 27.6 Å². The molecule has 2 aromatic rings. The molecule has 0 radical (unpaired) electrons. The molecule has 0 bridgehead atoms. The summed E-state index contributed by atoms with van der Waals surface area (Å²) in [5.74, 6) is 5.51. The summed E-state index contributed by atoms with van der Waals surface area (Å²) in [7, 11) is 0. The summed E-state index contributed by atoms with van der Waals surface area (Å²) in [5.41, 5.74) is 5.09. The standard InChI is InChI=1S/C13H18N6O/c1-9-10(8-17-19-9)4-2-7-16-13(20)11-5-3-6-15-12(11)18-14/h3,5-6,8H,2,4,7,14H2,1H3,(H,15,18)(H,16,20)(H,17,19). The largest absolute Gasteiger partial charge is 0.352 e. The predicted octanol–water partition coefficient (Wildman–Crippen LogP) is 0.761. The van der Waals surface area contributed by atoms with E-state index < -0.39 is 0 Å². The summed E-state index contributed by atoms with van der Waals surface area (Å²) in [6.07, 6.45) is 5.11. The molecule has 0 aliphatic rings. The number of nitrogens with two attached hydrogens (primary N) is 1. The minimum atomic E-state index is -0.185. The van der Waals surface area contributed by atoms with Crippen molar-refractivity contribution >= 4 is 11.7 Å². The van der Waals surface area contributed by atoms with Crippen LogP contribution in [0.2, 0.25) is 0 Å². The molecular formula is C13H18N6O. The highest BCUT2D eigenvalue weighted by atomic mass is 16.1. The Morgan fingerprint density at radius 2 is 2.35 bits per heavy atom. The number of rotatable bonds is 6. The predicted molar refractivity (Wildman–Crippen MR) is 76.0 cm³/mol. The van der Waals surface area contributed by atoms with Gasteiger partial charge in [0, 0.05) is 18.4 Å². The fourth-order valence-corrected chi connectivity index (χ4v) is 1.91. The van der Waals surface area contributed by atoms with Gasteiger partial charge in [0.15, 0.2) is 5.82 Å². The quantitative estimate of drug-likeness (QED) is 0.353. The third kappa shape index (κ3) is 3.33. The van der Waals surface area contributed by atoms with E-state index in [1.54, 1.807) is 18.3 Å². The SMILES string of the molecule is Cc1[nH]ncc1CCCNC(=O)c1cccnc1NN. The number of hydrogen-bond acceptors (Lipinski definition) is 5. The lowest BCUT2D eigenvalue weighted by Gasteiger charge is -2.08. The highest BCUT2D eigenvalue weighted by Crippen LogP contribution is 2.09. The summed E-state index contributed by atoms with van der Waals surface area (Å²) >= 11 is 0. The van der Waals surface area contributed by atoms with Crippen molar-refractivity contribution in [3.63, 3.8) is 0 Å². The first-order chi connectivity index (χ1) is 9.72. The van der Waals surface area contributed by atoms with Crippen molar-refractivity contribution in [1.82, 2.24) is 20.5 Å². The van der Waals surface area contributed by atoms with Crippen molar-refractivity contribution in [1.29, 1.82) is 0 Å². The summed E-state index contributed by atoms with van der Waals surface area (Å²) in [4.78, 5) is 16.0. The van der Waals surface area contributed by atoms with E-state index in [1.165, 1.54) is 5.56 Å². The Kier molecular flexibility index (Phi) is 4.67. The summed E-state index contributed by atoms with van der Waals surface area (Å²) < 4.78 is 0. The van der Waals surface area contributed by atoms with E-state index >= 15 is 0 Å². The number of pyridine rings is 1. The molecular weight excluding hydrogens is 256 g/mol. The van der Waals surface area contributed by atoms with Crippen molar-refractivity contribution in [3.05, 3.63) is 41.3 Å². The third-order valence-electron chi connectivity index (χ3n) is 3.03. The number of aromatic nitrogens is 3. The first kappa shape index (κ1) is 14.0. The van der Waals surface area contributed by atoms with Crippen LogP contribution in [0.5, 0.6) is 0 Å². The van der Waals surface area contributed by atoms with E-state index in [0.29, 0.717) is 17.9 Å². The van der Waals surface area contributed by atoms with E-state index in [2.05, 4.69) is 25.9 Å². The van der Waals surface area contributed by atoms with Crippen molar-refractivity contribution in [2.75, 3.05) is 12.0 Å². The van der Waals surface area contributed by atoms with E-state index in [1.807, 2.05) is 13.1 Å². The van der Waals surface area contributed by atoms with Gasteiger partial charge in [-0.3, -0.25) is 9.89 Å². The summed E-state index contributed by atoms with van der Waals surface area (Å²) in [6, 6.07) is 3.38. The van der Waals surface area contributed by atoms with Gasteiger partial charge in [-0.1, -0.05) is 0 Å². The second kappa shape index (κ2) is 6.67. The molecule has 0 fully saturated rings. The number of nitrogens with one attached hydrogen (secondary N) is 3. The summed E-state index contributed by atoms with van der Waals surface area (Å²) in [6.45, 7) is 2.57. The zero-order chi connectivity index (χ0) is 14.4. The van der Waals surface area contributed by atoms with Crippen LogP contribution >= 0.6 is 0 Å². The average Bonchev–Trinajstić information content (AvgIpc) is 2.88. The molecule has 0 unspecified atom stereocenters. The van der Waals surface area contributed by atoms with Crippen molar-refractivity contribution in [3.8, 4) is 0 Å². The molecule has 0 atom stereocenters. The van der Waals surface area contributed by atoms with Gasteiger partial charge in [-0.05, 0) is 37.5 Å². The maximum atomic E-state index is 12.0. The zero-order valence-electron chi connectivity index (χ0n) is 11.3. The third-order valence-corrected chi connectivity index (χ3v) is 3.03. The number of carbonyl (C=O) groups excluding carboxylic acids is 1. The lowest BCUT2D eigenvalue weighted by atomic mass is 10.1. The topological polar surface area (TPSA) is 109 Å². The Morgan fingerprint density at radius 3 is 3.05 bits per heavy atom. The molecule has 20 heavy (non-hydrogen) atoms. The molecule has 5 N–H and O–H groups in total. The highest BCUT2D eigenvalue weighted by Gasteiger charge is 2.10. The minimum absolute atomic E-state index is 0.185. The van der Waals surface area contributed by atoms with Crippen LogP contribution in [-0.2, 0) is 6.42 Å². The Balaban J connectivity index is 1.82. The van der Waals surface area contributed by atoms with Crippen LogP contribution in [0.1, 0.15) is 28.0 Å². The second-order valence-corrected chi connectivity index (χ2v) is 4.42. The van der Waals surface area contributed by atoms with E-state index in [4.69, 9.17) is 5.84 Å². The molecule has 0 saturated heterocycles. The fraction of sp³-hybridized carbons (Fsp3) is 0.308. The van der Waals surface area contributed by atoms with Gasteiger partial charge in [0.05, 0.1) is 11.8 Å².